The molecule has 2 aromatic rings. The van der Waals surface area contributed by atoms with E-state index in [-0.39, 0.29) is 29.1 Å². The van der Waals surface area contributed by atoms with Gasteiger partial charge in [-0.15, -0.1) is 0 Å². The summed E-state index contributed by atoms with van der Waals surface area (Å²) in [6, 6.07) is 3.13. The van der Waals surface area contributed by atoms with E-state index in [2.05, 4.69) is 5.10 Å². The minimum Gasteiger partial charge on any atom is -0.338 e. The largest absolute Gasteiger partial charge is 0.345 e. The average molecular weight is 364 g/mol. The van der Waals surface area contributed by atoms with Crippen LogP contribution in [0.25, 0.3) is 0 Å². The average Bonchev–Trinajstić information content (AvgIpc) is 2.92. The summed E-state index contributed by atoms with van der Waals surface area (Å²) < 4.78 is 29.5. The topological polar surface area (TPSA) is 60.1 Å². The van der Waals surface area contributed by atoms with Gasteiger partial charge in [0.05, 0.1) is 0 Å². The van der Waals surface area contributed by atoms with Crippen LogP contribution >= 0.6 is 0 Å². The molecule has 0 saturated carbocycles. The van der Waals surface area contributed by atoms with E-state index in [9.17, 15) is 18.4 Å². The summed E-state index contributed by atoms with van der Waals surface area (Å²) in [5.41, 5.74) is -0.0640. The van der Waals surface area contributed by atoms with E-state index >= 15 is 0 Å². The van der Waals surface area contributed by atoms with E-state index in [4.69, 9.17) is 0 Å². The van der Waals surface area contributed by atoms with E-state index in [0.717, 1.165) is 25.0 Å². The Balaban J connectivity index is 1.86. The summed E-state index contributed by atoms with van der Waals surface area (Å²) >= 11 is 0. The molecule has 0 bridgehead atoms. The van der Waals surface area contributed by atoms with Crippen LogP contribution in [0.5, 0.6) is 0 Å². The highest BCUT2D eigenvalue weighted by Gasteiger charge is 2.30. The van der Waals surface area contributed by atoms with Crippen LogP contribution in [0, 0.1) is 11.6 Å². The third-order valence-corrected chi connectivity index (χ3v) is 4.74. The van der Waals surface area contributed by atoms with Crippen LogP contribution in [0.3, 0.4) is 0 Å². The number of nitrogens with zero attached hydrogens (tertiary/aromatic N) is 4. The Bertz CT molecular complexity index is 888. The zero-order valence-corrected chi connectivity index (χ0v) is 15.1. The zero-order valence-electron chi connectivity index (χ0n) is 15.1. The number of aryl methyl sites for hydroxylation is 1. The molecule has 0 radical (unpaired) electrons. The van der Waals surface area contributed by atoms with E-state index in [1.807, 2.05) is 13.8 Å². The Morgan fingerprint density at radius 2 is 2.00 bits per heavy atom. The second-order valence-corrected chi connectivity index (χ2v) is 6.95. The summed E-state index contributed by atoms with van der Waals surface area (Å²) in [5, 5.41) is 4.37. The third kappa shape index (κ3) is 3.27. The van der Waals surface area contributed by atoms with Crippen LogP contribution in [0.1, 0.15) is 54.8 Å². The summed E-state index contributed by atoms with van der Waals surface area (Å²) in [4.78, 5) is 26.6. The molecule has 0 aliphatic carbocycles. The van der Waals surface area contributed by atoms with Gasteiger partial charge in [0.1, 0.15) is 5.82 Å². The monoisotopic (exact) mass is 364 g/mol. The number of rotatable bonds is 3. The van der Waals surface area contributed by atoms with Crippen LogP contribution in [-0.4, -0.2) is 38.2 Å². The lowest BCUT2D eigenvalue weighted by atomic mass is 9.96. The smallest absolute Gasteiger partial charge is 0.338 e. The molecule has 1 unspecified atom stereocenters. The second kappa shape index (κ2) is 7.01. The molecular formula is C18H22F2N4O2. The van der Waals surface area contributed by atoms with E-state index in [1.165, 1.54) is 10.7 Å². The molecule has 6 nitrogen and oxygen atoms in total. The molecule has 140 valence electrons. The minimum atomic E-state index is -1.04. The molecule has 0 N–H and O–H groups in total. The fraction of sp³-hybridized carbons (Fsp3) is 0.500. The van der Waals surface area contributed by atoms with E-state index in [0.29, 0.717) is 18.9 Å². The molecule has 1 amide bonds. The van der Waals surface area contributed by atoms with Crippen LogP contribution in [0.2, 0.25) is 0 Å². The maximum Gasteiger partial charge on any atom is 0.345 e. The van der Waals surface area contributed by atoms with Crippen molar-refractivity contribution in [1.29, 1.82) is 0 Å². The highest BCUT2D eigenvalue weighted by molar-refractivity contribution is 5.94. The first-order valence-electron chi connectivity index (χ1n) is 8.69. The molecule has 8 heteroatoms. The minimum absolute atomic E-state index is 0.0385. The quantitative estimate of drug-likeness (QED) is 0.841. The van der Waals surface area contributed by atoms with Crippen molar-refractivity contribution in [3.05, 3.63) is 51.7 Å². The lowest BCUT2D eigenvalue weighted by Gasteiger charge is -2.32. The Morgan fingerprint density at radius 1 is 1.27 bits per heavy atom. The van der Waals surface area contributed by atoms with Crippen molar-refractivity contribution >= 4 is 5.91 Å². The van der Waals surface area contributed by atoms with Gasteiger partial charge in [-0.3, -0.25) is 9.36 Å². The van der Waals surface area contributed by atoms with Gasteiger partial charge in [0.25, 0.3) is 5.91 Å². The Morgan fingerprint density at radius 3 is 2.65 bits per heavy atom. The maximum atomic E-state index is 13.4. The van der Waals surface area contributed by atoms with Crippen molar-refractivity contribution in [2.75, 3.05) is 13.1 Å². The molecule has 1 aromatic heterocycles. The molecule has 1 aromatic carbocycles. The first-order chi connectivity index (χ1) is 12.3. The van der Waals surface area contributed by atoms with Crippen molar-refractivity contribution in [1.82, 2.24) is 19.2 Å². The van der Waals surface area contributed by atoms with Crippen molar-refractivity contribution in [2.45, 2.75) is 38.6 Å². The molecule has 1 fully saturated rings. The van der Waals surface area contributed by atoms with Gasteiger partial charge in [-0.2, -0.15) is 5.10 Å². The number of halogens is 2. The second-order valence-electron chi connectivity index (χ2n) is 6.95. The molecule has 2 heterocycles. The van der Waals surface area contributed by atoms with Gasteiger partial charge in [0.15, 0.2) is 11.6 Å². The van der Waals surface area contributed by atoms with Crippen molar-refractivity contribution < 1.29 is 13.6 Å². The SMILES string of the molecule is CC(C)n1c(C2CCCN(C(=O)c3ccc(F)c(F)c3)C2)nn(C)c1=O. The van der Waals surface area contributed by atoms with Gasteiger partial charge >= 0.3 is 5.69 Å². The molecule has 1 aliphatic heterocycles. The van der Waals surface area contributed by atoms with E-state index < -0.39 is 11.6 Å². The molecule has 1 aliphatic rings. The number of hydrogen-bond acceptors (Lipinski definition) is 3. The number of benzene rings is 1. The number of likely N-dealkylation sites (tertiary alicyclic amines) is 1. The molecule has 1 saturated heterocycles. The number of aromatic nitrogens is 3. The number of hydrogen-bond donors (Lipinski definition) is 0. The lowest BCUT2D eigenvalue weighted by Crippen LogP contribution is -2.40. The first-order valence-corrected chi connectivity index (χ1v) is 8.69. The third-order valence-electron chi connectivity index (χ3n) is 4.74. The van der Waals surface area contributed by atoms with E-state index in [1.54, 1.807) is 16.5 Å². The van der Waals surface area contributed by atoms with Crippen LogP contribution in [0.15, 0.2) is 23.0 Å². The fourth-order valence-corrected chi connectivity index (χ4v) is 3.45. The molecule has 26 heavy (non-hydrogen) atoms. The predicted molar refractivity (Wildman–Crippen MR) is 92.1 cm³/mol. The molecule has 1 atom stereocenters. The van der Waals surface area contributed by atoms with Gasteiger partial charge in [0, 0.05) is 37.7 Å². The van der Waals surface area contributed by atoms with Crippen molar-refractivity contribution in [3.63, 3.8) is 0 Å². The number of carbonyl (C=O) groups is 1. The van der Waals surface area contributed by atoms with Gasteiger partial charge in [-0.25, -0.2) is 18.3 Å². The molecule has 3 rings (SSSR count). The van der Waals surface area contributed by atoms with Crippen molar-refractivity contribution in [2.24, 2.45) is 7.05 Å². The molecular weight excluding hydrogens is 342 g/mol. The van der Waals surface area contributed by atoms with Gasteiger partial charge < -0.3 is 4.90 Å². The standard InChI is InChI=1S/C18H22F2N4O2/c1-11(2)24-16(21-22(3)18(24)26)13-5-4-8-23(10-13)17(25)12-6-7-14(19)15(20)9-12/h6-7,9,11,13H,4-5,8,10H2,1-3H3. The van der Waals surface area contributed by atoms with Gasteiger partial charge in [-0.1, -0.05) is 0 Å². The van der Waals surface area contributed by atoms with Crippen LogP contribution < -0.4 is 5.69 Å². The van der Waals surface area contributed by atoms with Crippen LogP contribution in [0.4, 0.5) is 8.78 Å². The fourth-order valence-electron chi connectivity index (χ4n) is 3.45. The number of piperidine rings is 1. The highest BCUT2D eigenvalue weighted by Crippen LogP contribution is 2.27. The Labute approximate surface area is 150 Å². The number of amides is 1. The first kappa shape index (κ1) is 18.3. The number of carbonyl (C=O) groups excluding carboxylic acids is 1. The summed E-state index contributed by atoms with van der Waals surface area (Å²) in [6.45, 7) is 4.76. The van der Waals surface area contributed by atoms with Gasteiger partial charge in [0.2, 0.25) is 0 Å². The Hall–Kier alpha value is -2.51. The maximum absolute atomic E-state index is 13.4. The highest BCUT2D eigenvalue weighted by atomic mass is 19.2. The van der Waals surface area contributed by atoms with Gasteiger partial charge in [-0.05, 0) is 44.9 Å². The summed E-state index contributed by atoms with van der Waals surface area (Å²) in [6.07, 6.45) is 1.56. The summed E-state index contributed by atoms with van der Waals surface area (Å²) in [5.74, 6) is -1.78. The summed E-state index contributed by atoms with van der Waals surface area (Å²) in [7, 11) is 1.61. The lowest BCUT2D eigenvalue weighted by molar-refractivity contribution is 0.0702. The predicted octanol–water partition coefficient (Wildman–Crippen LogP) is 2.46. The Kier molecular flexibility index (Phi) is 4.93. The molecule has 0 spiro atoms. The normalized spacial score (nSPS) is 17.8. The van der Waals surface area contributed by atoms with Crippen molar-refractivity contribution in [3.8, 4) is 0 Å². The zero-order chi connectivity index (χ0) is 19.0. The van der Waals surface area contributed by atoms with Crippen LogP contribution in [-0.2, 0) is 7.05 Å².